The summed E-state index contributed by atoms with van der Waals surface area (Å²) >= 11 is 0. The Labute approximate surface area is 243 Å². The third-order valence-corrected chi connectivity index (χ3v) is 7.35. The Kier molecular flexibility index (Phi) is 10.5. The molecule has 222 valence electrons. The Bertz CT molecular complexity index is 1230. The Morgan fingerprint density at radius 1 is 1.02 bits per heavy atom. The van der Waals surface area contributed by atoms with Gasteiger partial charge in [-0.3, -0.25) is 14.4 Å². The van der Waals surface area contributed by atoms with Crippen molar-refractivity contribution in [1.82, 2.24) is 10.2 Å². The predicted molar refractivity (Wildman–Crippen MR) is 159 cm³/mol. The lowest BCUT2D eigenvalue weighted by atomic mass is 9.87. The summed E-state index contributed by atoms with van der Waals surface area (Å²) in [6, 6.07) is 11.2. The van der Waals surface area contributed by atoms with E-state index in [1.807, 2.05) is 56.3 Å². The van der Waals surface area contributed by atoms with Gasteiger partial charge in [-0.1, -0.05) is 49.4 Å². The molecule has 0 spiro atoms. The van der Waals surface area contributed by atoms with Crippen LogP contribution < -0.4 is 16.4 Å². The third-order valence-electron chi connectivity index (χ3n) is 7.35. The van der Waals surface area contributed by atoms with Gasteiger partial charge in [0.1, 0.15) is 17.7 Å². The number of para-hydroxylation sites is 1. The maximum Gasteiger partial charge on any atom is 0.408 e. The number of benzene rings is 2. The molecule has 0 bridgehead atoms. The molecular formula is C32H44N4O5. The van der Waals surface area contributed by atoms with Crippen LogP contribution in [0.25, 0.3) is 0 Å². The van der Waals surface area contributed by atoms with Crippen LogP contribution >= 0.6 is 0 Å². The second-order valence-electron chi connectivity index (χ2n) is 11.8. The van der Waals surface area contributed by atoms with Crippen LogP contribution in [0.2, 0.25) is 0 Å². The number of amides is 4. The lowest BCUT2D eigenvalue weighted by Crippen LogP contribution is -2.57. The maximum atomic E-state index is 14.3. The van der Waals surface area contributed by atoms with Crippen molar-refractivity contribution < 1.29 is 23.9 Å². The van der Waals surface area contributed by atoms with Gasteiger partial charge in [-0.2, -0.15) is 0 Å². The molecule has 2 unspecified atom stereocenters. The van der Waals surface area contributed by atoms with Crippen molar-refractivity contribution in [3.8, 4) is 0 Å². The number of primary amides is 1. The summed E-state index contributed by atoms with van der Waals surface area (Å²) < 4.78 is 5.41. The van der Waals surface area contributed by atoms with Gasteiger partial charge in [0.25, 0.3) is 5.91 Å². The number of hydrogen-bond donors (Lipinski definition) is 3. The van der Waals surface area contributed by atoms with Crippen LogP contribution in [0.5, 0.6) is 0 Å². The number of carbonyl (C=O) groups is 4. The van der Waals surface area contributed by atoms with Gasteiger partial charge in [-0.25, -0.2) is 4.79 Å². The Hall–Kier alpha value is -3.88. The van der Waals surface area contributed by atoms with E-state index >= 15 is 0 Å². The van der Waals surface area contributed by atoms with Crippen LogP contribution in [0.3, 0.4) is 0 Å². The monoisotopic (exact) mass is 564 g/mol. The predicted octanol–water partition coefficient (Wildman–Crippen LogP) is 5.09. The summed E-state index contributed by atoms with van der Waals surface area (Å²) in [5.41, 5.74) is 8.91. The smallest absolute Gasteiger partial charge is 0.408 e. The number of hydrogen-bond acceptors (Lipinski definition) is 5. The summed E-state index contributed by atoms with van der Waals surface area (Å²) in [7, 11) is 0. The van der Waals surface area contributed by atoms with Crippen LogP contribution in [0.1, 0.15) is 88.1 Å². The normalized spacial score (nSPS) is 14.8. The molecule has 1 saturated carbocycles. The second-order valence-corrected chi connectivity index (χ2v) is 11.8. The minimum Gasteiger partial charge on any atom is -0.444 e. The summed E-state index contributed by atoms with van der Waals surface area (Å²) in [5, 5.41) is 5.74. The maximum absolute atomic E-state index is 14.3. The van der Waals surface area contributed by atoms with Crippen molar-refractivity contribution in [2.45, 2.75) is 104 Å². The highest BCUT2D eigenvalue weighted by atomic mass is 16.6. The van der Waals surface area contributed by atoms with Crippen molar-refractivity contribution in [2.24, 2.45) is 5.73 Å². The van der Waals surface area contributed by atoms with E-state index in [4.69, 9.17) is 10.5 Å². The summed E-state index contributed by atoms with van der Waals surface area (Å²) in [5.74, 6) is -1.40. The number of aryl methyl sites for hydroxylation is 3. The highest BCUT2D eigenvalue weighted by Gasteiger charge is 2.42. The van der Waals surface area contributed by atoms with E-state index in [0.717, 1.165) is 42.4 Å². The zero-order valence-electron chi connectivity index (χ0n) is 25.1. The minimum atomic E-state index is -1.11. The number of alkyl carbamates (subject to hydrolysis) is 1. The molecule has 2 atom stereocenters. The molecule has 3 rings (SSSR count). The molecule has 4 N–H and O–H groups in total. The van der Waals surface area contributed by atoms with Gasteiger partial charge in [0.05, 0.1) is 0 Å². The highest BCUT2D eigenvalue weighted by Crippen LogP contribution is 2.35. The third kappa shape index (κ3) is 8.55. The van der Waals surface area contributed by atoms with Crippen molar-refractivity contribution in [2.75, 3.05) is 5.32 Å². The zero-order valence-corrected chi connectivity index (χ0v) is 25.1. The standard InChI is InChI=1S/C32H44N4O5/c1-7-22-14-16-23(17-15-22)28(29(38)35-27-20(2)10-8-11-21(27)3)36(24-12-9-13-24)30(39)25(18-19-26(33)37)34-31(40)41-32(4,5)6/h8,10-11,14-17,24-25,28H,7,9,12-13,18-19H2,1-6H3,(H2,33,37)(H,34,40)(H,35,38). The van der Waals surface area contributed by atoms with E-state index in [1.54, 1.807) is 25.7 Å². The quantitative estimate of drug-likeness (QED) is 0.350. The van der Waals surface area contributed by atoms with Crippen LogP contribution in [0, 0.1) is 13.8 Å². The summed E-state index contributed by atoms with van der Waals surface area (Å²) in [6.07, 6.45) is 2.28. The van der Waals surface area contributed by atoms with Crippen molar-refractivity contribution in [3.05, 3.63) is 64.7 Å². The topological polar surface area (TPSA) is 131 Å². The number of anilines is 1. The Morgan fingerprint density at radius 2 is 1.63 bits per heavy atom. The number of nitrogens with two attached hydrogens (primary N) is 1. The first kappa shape index (κ1) is 31.6. The fourth-order valence-corrected chi connectivity index (χ4v) is 4.93. The second kappa shape index (κ2) is 13.7. The molecular weight excluding hydrogens is 520 g/mol. The van der Waals surface area contributed by atoms with Crippen molar-refractivity contribution in [1.29, 1.82) is 0 Å². The van der Waals surface area contributed by atoms with Gasteiger partial charge in [-0.05, 0) is 89.0 Å². The van der Waals surface area contributed by atoms with E-state index < -0.39 is 35.6 Å². The van der Waals surface area contributed by atoms with Gasteiger partial charge < -0.3 is 26.0 Å². The van der Waals surface area contributed by atoms with Crippen LogP contribution in [0.4, 0.5) is 10.5 Å². The molecule has 0 radical (unpaired) electrons. The minimum absolute atomic E-state index is 0.0172. The van der Waals surface area contributed by atoms with E-state index in [1.165, 1.54) is 0 Å². The summed E-state index contributed by atoms with van der Waals surface area (Å²) in [6.45, 7) is 11.1. The van der Waals surface area contributed by atoms with Crippen LogP contribution in [-0.2, 0) is 25.5 Å². The van der Waals surface area contributed by atoms with Gasteiger partial charge in [-0.15, -0.1) is 0 Å². The first-order valence-electron chi connectivity index (χ1n) is 14.4. The van der Waals surface area contributed by atoms with Crippen LogP contribution in [0.15, 0.2) is 42.5 Å². The number of nitrogens with zero attached hydrogens (tertiary/aromatic N) is 1. The number of rotatable bonds is 11. The number of carbonyl (C=O) groups excluding carboxylic acids is 4. The van der Waals surface area contributed by atoms with E-state index in [2.05, 4.69) is 17.6 Å². The Morgan fingerprint density at radius 3 is 2.12 bits per heavy atom. The number of ether oxygens (including phenoxy) is 1. The van der Waals surface area contributed by atoms with E-state index in [9.17, 15) is 19.2 Å². The highest BCUT2D eigenvalue weighted by molar-refractivity contribution is 6.00. The average molecular weight is 565 g/mol. The molecule has 4 amide bonds. The van der Waals surface area contributed by atoms with Gasteiger partial charge >= 0.3 is 6.09 Å². The van der Waals surface area contributed by atoms with Crippen LogP contribution in [-0.4, -0.2) is 46.4 Å². The van der Waals surface area contributed by atoms with Crippen molar-refractivity contribution in [3.63, 3.8) is 0 Å². The fraction of sp³-hybridized carbons (Fsp3) is 0.500. The molecule has 41 heavy (non-hydrogen) atoms. The molecule has 0 heterocycles. The SMILES string of the molecule is CCc1ccc(C(C(=O)Nc2c(C)cccc2C)N(C(=O)C(CCC(N)=O)NC(=O)OC(C)(C)C)C2CCC2)cc1. The first-order chi connectivity index (χ1) is 19.3. The molecule has 2 aromatic carbocycles. The molecule has 1 aliphatic carbocycles. The molecule has 9 nitrogen and oxygen atoms in total. The molecule has 0 aliphatic heterocycles. The Balaban J connectivity index is 2.06. The molecule has 9 heteroatoms. The van der Waals surface area contributed by atoms with Crippen molar-refractivity contribution >= 4 is 29.5 Å². The molecule has 2 aromatic rings. The van der Waals surface area contributed by atoms with E-state index in [-0.39, 0.29) is 24.8 Å². The molecule has 0 aromatic heterocycles. The van der Waals surface area contributed by atoms with E-state index in [0.29, 0.717) is 11.3 Å². The molecule has 1 fully saturated rings. The van der Waals surface area contributed by atoms with Gasteiger partial charge in [0.15, 0.2) is 0 Å². The fourth-order valence-electron chi connectivity index (χ4n) is 4.93. The molecule has 0 saturated heterocycles. The lowest BCUT2D eigenvalue weighted by Gasteiger charge is -2.43. The average Bonchev–Trinajstić information content (AvgIpc) is 2.86. The van der Waals surface area contributed by atoms with Gasteiger partial charge in [0.2, 0.25) is 11.8 Å². The zero-order chi connectivity index (χ0) is 30.3. The number of nitrogens with one attached hydrogen (secondary N) is 2. The lowest BCUT2D eigenvalue weighted by molar-refractivity contribution is -0.146. The first-order valence-corrected chi connectivity index (χ1v) is 14.4. The largest absolute Gasteiger partial charge is 0.444 e. The summed E-state index contributed by atoms with van der Waals surface area (Å²) in [4.78, 5) is 54.6. The molecule has 1 aliphatic rings. The van der Waals surface area contributed by atoms with Gasteiger partial charge in [0, 0.05) is 18.2 Å².